The number of carbonyl (C=O) groups is 1. The summed E-state index contributed by atoms with van der Waals surface area (Å²) in [6.45, 7) is 0.533. The Morgan fingerprint density at radius 2 is 2.50 bits per heavy atom. The molecule has 0 bridgehead atoms. The van der Waals surface area contributed by atoms with Gasteiger partial charge in [-0.15, -0.1) is 11.3 Å². The summed E-state index contributed by atoms with van der Waals surface area (Å²) in [6.07, 6.45) is 3.30. The summed E-state index contributed by atoms with van der Waals surface area (Å²) in [4.78, 5) is 16.7. The van der Waals surface area contributed by atoms with Crippen LogP contribution in [-0.2, 0) is 13.6 Å². The molecule has 0 aliphatic heterocycles. The van der Waals surface area contributed by atoms with Crippen molar-refractivity contribution in [2.45, 2.75) is 6.54 Å². The number of hydrogen-bond donors (Lipinski definition) is 1. The largest absolute Gasteiger partial charge is 0.346 e. The predicted molar refractivity (Wildman–Crippen MR) is 66.4 cm³/mol. The van der Waals surface area contributed by atoms with Crippen molar-refractivity contribution in [2.75, 3.05) is 0 Å². The molecule has 16 heavy (non-hydrogen) atoms. The molecule has 0 saturated heterocycles. The Morgan fingerprint density at radius 3 is 3.06 bits per heavy atom. The molecule has 2 heterocycles. The highest BCUT2D eigenvalue weighted by atomic mass is 79.9. The molecule has 0 radical (unpaired) electrons. The number of halogens is 1. The molecule has 0 saturated carbocycles. The van der Waals surface area contributed by atoms with Crippen LogP contribution in [0.2, 0.25) is 0 Å². The minimum absolute atomic E-state index is 0.148. The zero-order chi connectivity index (χ0) is 11.5. The van der Waals surface area contributed by atoms with Gasteiger partial charge in [0.1, 0.15) is 5.69 Å². The summed E-state index contributed by atoms with van der Waals surface area (Å²) in [6, 6.07) is 1.99. The molecule has 1 amide bonds. The van der Waals surface area contributed by atoms with Crippen molar-refractivity contribution in [1.29, 1.82) is 0 Å². The maximum Gasteiger partial charge on any atom is 0.271 e. The Labute approximate surface area is 105 Å². The van der Waals surface area contributed by atoms with Crippen LogP contribution in [0.25, 0.3) is 0 Å². The zero-order valence-corrected chi connectivity index (χ0v) is 11.0. The molecule has 0 spiro atoms. The van der Waals surface area contributed by atoms with Gasteiger partial charge in [0.15, 0.2) is 0 Å². The van der Waals surface area contributed by atoms with Crippen molar-refractivity contribution in [3.05, 3.63) is 39.0 Å². The highest BCUT2D eigenvalue weighted by Gasteiger charge is 2.08. The second kappa shape index (κ2) is 4.80. The van der Waals surface area contributed by atoms with Gasteiger partial charge in [-0.05, 0) is 22.0 Å². The number of hydrogen-bond acceptors (Lipinski definition) is 3. The van der Waals surface area contributed by atoms with Crippen molar-refractivity contribution in [3.63, 3.8) is 0 Å². The van der Waals surface area contributed by atoms with Crippen molar-refractivity contribution < 1.29 is 4.79 Å². The van der Waals surface area contributed by atoms with Gasteiger partial charge in [-0.3, -0.25) is 4.79 Å². The molecule has 84 valence electrons. The van der Waals surface area contributed by atoms with E-state index in [9.17, 15) is 4.79 Å². The second-order valence-corrected chi connectivity index (χ2v) is 5.25. The van der Waals surface area contributed by atoms with Gasteiger partial charge in [-0.25, -0.2) is 4.98 Å². The number of nitrogens with zero attached hydrogens (tertiary/aromatic N) is 2. The number of rotatable bonds is 3. The van der Waals surface area contributed by atoms with Crippen LogP contribution < -0.4 is 5.32 Å². The molecule has 0 fully saturated rings. The molecule has 2 aromatic heterocycles. The topological polar surface area (TPSA) is 46.9 Å². The Kier molecular flexibility index (Phi) is 3.40. The van der Waals surface area contributed by atoms with Crippen LogP contribution in [0.5, 0.6) is 0 Å². The summed E-state index contributed by atoms with van der Waals surface area (Å²) in [7, 11) is 1.83. The Hall–Kier alpha value is -1.14. The lowest BCUT2D eigenvalue weighted by Gasteiger charge is -1.99. The fourth-order valence-corrected chi connectivity index (χ4v) is 2.63. The van der Waals surface area contributed by atoms with Gasteiger partial charge in [-0.2, -0.15) is 0 Å². The van der Waals surface area contributed by atoms with Crippen LogP contribution in [0.4, 0.5) is 0 Å². The molecule has 2 aromatic rings. The van der Waals surface area contributed by atoms with E-state index >= 15 is 0 Å². The third-order valence-corrected chi connectivity index (χ3v) is 3.68. The van der Waals surface area contributed by atoms with Gasteiger partial charge in [0, 0.05) is 28.0 Å². The van der Waals surface area contributed by atoms with E-state index < -0.39 is 0 Å². The summed E-state index contributed by atoms with van der Waals surface area (Å²) >= 11 is 4.97. The molecule has 2 rings (SSSR count). The number of aryl methyl sites for hydroxylation is 1. The van der Waals surface area contributed by atoms with Crippen LogP contribution in [0.15, 0.2) is 28.4 Å². The lowest BCUT2D eigenvalue weighted by molar-refractivity contribution is 0.0946. The maximum atomic E-state index is 11.6. The summed E-state index contributed by atoms with van der Waals surface area (Å²) in [5, 5.41) is 4.81. The molecular formula is C10H10BrN3OS. The number of thiophene rings is 1. The normalized spacial score (nSPS) is 10.4. The third-order valence-electron chi connectivity index (χ3n) is 1.98. The highest BCUT2D eigenvalue weighted by molar-refractivity contribution is 9.10. The first-order chi connectivity index (χ1) is 7.65. The molecule has 0 aliphatic carbocycles. The number of carbonyl (C=O) groups excluding carboxylic acids is 1. The van der Waals surface area contributed by atoms with Crippen LogP contribution >= 0.6 is 27.3 Å². The van der Waals surface area contributed by atoms with E-state index in [1.807, 2.05) is 18.5 Å². The molecule has 0 aliphatic rings. The van der Waals surface area contributed by atoms with Crippen LogP contribution in [0, 0.1) is 0 Å². The smallest absolute Gasteiger partial charge is 0.271 e. The lowest BCUT2D eigenvalue weighted by atomic mass is 10.4. The molecular weight excluding hydrogens is 290 g/mol. The van der Waals surface area contributed by atoms with Gasteiger partial charge < -0.3 is 9.88 Å². The Balaban J connectivity index is 1.93. The number of aromatic nitrogens is 2. The van der Waals surface area contributed by atoms with Gasteiger partial charge in [0.05, 0.1) is 12.9 Å². The van der Waals surface area contributed by atoms with Crippen molar-refractivity contribution in [3.8, 4) is 0 Å². The van der Waals surface area contributed by atoms with E-state index in [0.29, 0.717) is 12.2 Å². The summed E-state index contributed by atoms with van der Waals surface area (Å²) < 4.78 is 2.79. The minimum Gasteiger partial charge on any atom is -0.346 e. The number of imidazole rings is 1. The second-order valence-electron chi connectivity index (χ2n) is 3.34. The fourth-order valence-electron chi connectivity index (χ4n) is 1.23. The standard InChI is InChI=1S/C10H10BrN3OS/c1-14-4-9(13-6-14)10(15)12-3-8-2-7(11)5-16-8/h2,4-6H,3H2,1H3,(H,12,15). The molecule has 1 N–H and O–H groups in total. The zero-order valence-electron chi connectivity index (χ0n) is 8.61. The fraction of sp³-hybridized carbons (Fsp3) is 0.200. The van der Waals surface area contributed by atoms with Crippen LogP contribution in [0.3, 0.4) is 0 Å². The Bertz CT molecular complexity index is 506. The van der Waals surface area contributed by atoms with Crippen molar-refractivity contribution in [1.82, 2.24) is 14.9 Å². The van der Waals surface area contributed by atoms with E-state index in [2.05, 4.69) is 26.2 Å². The predicted octanol–water partition coefficient (Wildman–Crippen LogP) is 2.17. The van der Waals surface area contributed by atoms with Crippen molar-refractivity contribution >= 4 is 33.2 Å². The maximum absolute atomic E-state index is 11.6. The molecule has 0 unspecified atom stereocenters. The first kappa shape index (κ1) is 11.3. The van der Waals surface area contributed by atoms with Gasteiger partial charge in [0.2, 0.25) is 0 Å². The van der Waals surface area contributed by atoms with Gasteiger partial charge in [-0.1, -0.05) is 0 Å². The molecule has 0 aromatic carbocycles. The third kappa shape index (κ3) is 2.70. The van der Waals surface area contributed by atoms with Crippen molar-refractivity contribution in [2.24, 2.45) is 7.05 Å². The van der Waals surface area contributed by atoms with E-state index in [1.165, 1.54) is 0 Å². The minimum atomic E-state index is -0.148. The van der Waals surface area contributed by atoms with Gasteiger partial charge in [0.25, 0.3) is 5.91 Å². The number of amides is 1. The number of nitrogens with one attached hydrogen (secondary N) is 1. The highest BCUT2D eigenvalue weighted by Crippen LogP contribution is 2.19. The van der Waals surface area contributed by atoms with Gasteiger partial charge >= 0.3 is 0 Å². The monoisotopic (exact) mass is 299 g/mol. The first-order valence-electron chi connectivity index (χ1n) is 4.64. The van der Waals surface area contributed by atoms with E-state index in [4.69, 9.17) is 0 Å². The van der Waals surface area contributed by atoms with E-state index in [1.54, 1.807) is 28.4 Å². The Morgan fingerprint density at radius 1 is 1.69 bits per heavy atom. The van der Waals surface area contributed by atoms with E-state index in [0.717, 1.165) is 9.35 Å². The molecule has 0 atom stereocenters. The first-order valence-corrected chi connectivity index (χ1v) is 6.31. The van der Waals surface area contributed by atoms with Crippen LogP contribution in [-0.4, -0.2) is 15.5 Å². The average Bonchev–Trinajstić information content (AvgIpc) is 2.84. The van der Waals surface area contributed by atoms with E-state index in [-0.39, 0.29) is 5.91 Å². The summed E-state index contributed by atoms with van der Waals surface area (Å²) in [5.74, 6) is -0.148. The van der Waals surface area contributed by atoms with Crippen LogP contribution in [0.1, 0.15) is 15.4 Å². The molecule has 4 nitrogen and oxygen atoms in total. The SMILES string of the molecule is Cn1cnc(C(=O)NCc2cc(Br)cs2)c1. The molecule has 6 heteroatoms. The quantitative estimate of drug-likeness (QED) is 0.944. The average molecular weight is 300 g/mol. The summed E-state index contributed by atoms with van der Waals surface area (Å²) in [5.41, 5.74) is 0.443. The lowest BCUT2D eigenvalue weighted by Crippen LogP contribution is -2.22.